The second kappa shape index (κ2) is 12.7. The number of amides is 1. The number of rotatable bonds is 9. The SMILES string of the molecule is COc1cccc(CNC(=O)C2CC(c3c(F)cccc3F)=NC2c2ccc(-c3ccc(OC(F)(F)F)cc3)cc2)c1OC. The molecule has 1 aliphatic heterocycles. The summed E-state index contributed by atoms with van der Waals surface area (Å²) in [6.45, 7) is 0.110. The van der Waals surface area contributed by atoms with Gasteiger partial charge in [0.05, 0.1) is 31.7 Å². The van der Waals surface area contributed by atoms with Crippen molar-refractivity contribution in [3.05, 3.63) is 113 Å². The summed E-state index contributed by atoms with van der Waals surface area (Å²) in [5.74, 6) is -2.09. The minimum Gasteiger partial charge on any atom is -0.493 e. The Balaban J connectivity index is 1.41. The third kappa shape index (κ3) is 6.66. The fourth-order valence-corrected chi connectivity index (χ4v) is 5.24. The van der Waals surface area contributed by atoms with Crippen molar-refractivity contribution in [3.8, 4) is 28.4 Å². The predicted molar refractivity (Wildman–Crippen MR) is 154 cm³/mol. The lowest BCUT2D eigenvalue weighted by Gasteiger charge is -2.19. The standard InChI is InChI=1S/C33H27F5N2O4/c1-42-28-8-3-5-22(31(28)43-2)18-39-32(41)24-17-27(29-25(34)6-4-7-26(29)35)40-30(24)21-11-9-19(10-12-21)20-13-15-23(16-14-20)44-33(36,37)38/h3-16,24,30H,17-18H2,1-2H3,(H,39,41). The Bertz CT molecular complexity index is 1650. The number of alkyl halides is 3. The van der Waals surface area contributed by atoms with Gasteiger partial charge in [0, 0.05) is 24.2 Å². The molecule has 11 heteroatoms. The monoisotopic (exact) mass is 610 g/mol. The quantitative estimate of drug-likeness (QED) is 0.201. The zero-order valence-electron chi connectivity index (χ0n) is 23.6. The van der Waals surface area contributed by atoms with Gasteiger partial charge in [0.25, 0.3) is 0 Å². The van der Waals surface area contributed by atoms with Crippen molar-refractivity contribution >= 4 is 11.6 Å². The van der Waals surface area contributed by atoms with Gasteiger partial charge in [0.2, 0.25) is 5.91 Å². The normalized spacial score (nSPS) is 16.3. The summed E-state index contributed by atoms with van der Waals surface area (Å²) in [7, 11) is 3.00. The number of ether oxygens (including phenoxy) is 3. The molecule has 0 aromatic heterocycles. The van der Waals surface area contributed by atoms with Crippen LogP contribution in [0.4, 0.5) is 22.0 Å². The van der Waals surface area contributed by atoms with Crippen LogP contribution in [0.25, 0.3) is 11.1 Å². The van der Waals surface area contributed by atoms with Crippen molar-refractivity contribution in [1.29, 1.82) is 0 Å². The van der Waals surface area contributed by atoms with E-state index >= 15 is 0 Å². The Kier molecular flexibility index (Phi) is 8.84. The molecule has 228 valence electrons. The number of hydrogen-bond donors (Lipinski definition) is 1. The fourth-order valence-electron chi connectivity index (χ4n) is 5.24. The van der Waals surface area contributed by atoms with Gasteiger partial charge in [-0.05, 0) is 47.0 Å². The molecule has 0 saturated heterocycles. The van der Waals surface area contributed by atoms with Crippen LogP contribution in [0.3, 0.4) is 0 Å². The van der Waals surface area contributed by atoms with Crippen LogP contribution in [0.5, 0.6) is 17.2 Å². The van der Waals surface area contributed by atoms with Crippen molar-refractivity contribution in [2.45, 2.75) is 25.4 Å². The molecule has 0 bridgehead atoms. The van der Waals surface area contributed by atoms with Crippen LogP contribution in [0.15, 0.2) is 89.9 Å². The molecule has 0 aliphatic carbocycles. The molecule has 1 amide bonds. The van der Waals surface area contributed by atoms with E-state index in [-0.39, 0.29) is 35.9 Å². The van der Waals surface area contributed by atoms with Crippen molar-refractivity contribution < 1.29 is 41.0 Å². The van der Waals surface area contributed by atoms with Crippen LogP contribution < -0.4 is 19.5 Å². The van der Waals surface area contributed by atoms with Gasteiger partial charge in [-0.15, -0.1) is 13.2 Å². The lowest BCUT2D eigenvalue weighted by Crippen LogP contribution is -2.32. The van der Waals surface area contributed by atoms with Gasteiger partial charge in [-0.2, -0.15) is 0 Å². The van der Waals surface area contributed by atoms with E-state index in [0.717, 1.165) is 12.1 Å². The van der Waals surface area contributed by atoms with Crippen LogP contribution in [-0.4, -0.2) is 32.2 Å². The van der Waals surface area contributed by atoms with Crippen LogP contribution in [0, 0.1) is 17.6 Å². The summed E-state index contributed by atoms with van der Waals surface area (Å²) in [6, 6.07) is 20.4. The number of methoxy groups -OCH3 is 2. The second-order valence-electron chi connectivity index (χ2n) is 9.99. The van der Waals surface area contributed by atoms with E-state index in [4.69, 9.17) is 9.47 Å². The van der Waals surface area contributed by atoms with Crippen molar-refractivity contribution in [1.82, 2.24) is 5.32 Å². The summed E-state index contributed by atoms with van der Waals surface area (Å²) in [5.41, 5.74) is 2.48. The molecule has 4 aromatic rings. The minimum absolute atomic E-state index is 0.00792. The van der Waals surface area contributed by atoms with Gasteiger partial charge >= 0.3 is 6.36 Å². The number of para-hydroxylation sites is 1. The second-order valence-corrected chi connectivity index (χ2v) is 9.99. The van der Waals surface area contributed by atoms with Crippen LogP contribution in [-0.2, 0) is 11.3 Å². The largest absolute Gasteiger partial charge is 0.573 e. The fraction of sp³-hybridized carbons (Fsp3) is 0.212. The Labute approximate surface area is 250 Å². The first kappa shape index (κ1) is 30.5. The topological polar surface area (TPSA) is 69.2 Å². The van der Waals surface area contributed by atoms with E-state index in [2.05, 4.69) is 15.0 Å². The van der Waals surface area contributed by atoms with Gasteiger partial charge in [0.15, 0.2) is 11.5 Å². The summed E-state index contributed by atoms with van der Waals surface area (Å²) in [4.78, 5) is 18.2. The molecular weight excluding hydrogens is 583 g/mol. The van der Waals surface area contributed by atoms with Gasteiger partial charge in [0.1, 0.15) is 17.4 Å². The van der Waals surface area contributed by atoms with Crippen molar-refractivity contribution in [3.63, 3.8) is 0 Å². The van der Waals surface area contributed by atoms with E-state index in [1.54, 1.807) is 42.5 Å². The van der Waals surface area contributed by atoms with Gasteiger partial charge < -0.3 is 19.5 Å². The summed E-state index contributed by atoms with van der Waals surface area (Å²) in [5, 5.41) is 2.90. The summed E-state index contributed by atoms with van der Waals surface area (Å²) in [6.07, 6.45) is -4.80. The molecule has 4 aromatic carbocycles. The summed E-state index contributed by atoms with van der Waals surface area (Å²) >= 11 is 0. The van der Waals surface area contributed by atoms with E-state index in [1.165, 1.54) is 44.6 Å². The van der Waals surface area contributed by atoms with Crippen molar-refractivity contribution in [2.24, 2.45) is 10.9 Å². The Morgan fingerprint density at radius 3 is 2.07 bits per heavy atom. The first-order valence-corrected chi connectivity index (χ1v) is 13.5. The maximum absolute atomic E-state index is 14.7. The first-order chi connectivity index (χ1) is 21.1. The molecule has 5 rings (SSSR count). The number of benzene rings is 4. The molecule has 0 spiro atoms. The highest BCUT2D eigenvalue weighted by Gasteiger charge is 2.38. The number of halogens is 5. The van der Waals surface area contributed by atoms with Crippen LogP contribution in [0.1, 0.15) is 29.2 Å². The number of aliphatic imine (C=N–C) groups is 1. The Morgan fingerprint density at radius 1 is 0.864 bits per heavy atom. The predicted octanol–water partition coefficient (Wildman–Crippen LogP) is 7.41. The molecule has 0 radical (unpaired) electrons. The van der Waals surface area contributed by atoms with E-state index in [0.29, 0.717) is 33.8 Å². The molecule has 1 heterocycles. The zero-order valence-corrected chi connectivity index (χ0v) is 23.6. The molecule has 2 atom stereocenters. The first-order valence-electron chi connectivity index (χ1n) is 13.5. The minimum atomic E-state index is -4.79. The average molecular weight is 611 g/mol. The van der Waals surface area contributed by atoms with E-state index in [1.807, 2.05) is 0 Å². The number of hydrogen-bond acceptors (Lipinski definition) is 5. The molecular formula is C33H27F5N2O4. The molecule has 44 heavy (non-hydrogen) atoms. The van der Waals surface area contributed by atoms with Crippen LogP contribution >= 0.6 is 0 Å². The van der Waals surface area contributed by atoms with Gasteiger partial charge in [-0.25, -0.2) is 8.78 Å². The number of carbonyl (C=O) groups is 1. The third-order valence-electron chi connectivity index (χ3n) is 7.29. The molecule has 2 unspecified atom stereocenters. The highest BCUT2D eigenvalue weighted by Crippen LogP contribution is 2.39. The lowest BCUT2D eigenvalue weighted by molar-refractivity contribution is -0.274. The number of nitrogens with one attached hydrogen (secondary N) is 1. The molecule has 1 aliphatic rings. The summed E-state index contributed by atoms with van der Waals surface area (Å²) < 4.78 is 81.7. The molecule has 0 fully saturated rings. The number of nitrogens with zero attached hydrogens (tertiary/aromatic N) is 1. The zero-order chi connectivity index (χ0) is 31.4. The van der Waals surface area contributed by atoms with Gasteiger partial charge in [-0.3, -0.25) is 9.79 Å². The molecule has 6 nitrogen and oxygen atoms in total. The highest BCUT2D eigenvalue weighted by atomic mass is 19.4. The maximum Gasteiger partial charge on any atom is 0.573 e. The highest BCUT2D eigenvalue weighted by molar-refractivity contribution is 6.05. The third-order valence-corrected chi connectivity index (χ3v) is 7.29. The Morgan fingerprint density at radius 2 is 1.48 bits per heavy atom. The number of carbonyl (C=O) groups excluding carboxylic acids is 1. The Hall–Kier alpha value is -4.93. The van der Waals surface area contributed by atoms with Crippen LogP contribution in [0.2, 0.25) is 0 Å². The van der Waals surface area contributed by atoms with E-state index < -0.39 is 30.0 Å². The molecule has 1 N–H and O–H groups in total. The van der Waals surface area contributed by atoms with Gasteiger partial charge in [-0.1, -0.05) is 54.6 Å². The average Bonchev–Trinajstić information content (AvgIpc) is 3.44. The van der Waals surface area contributed by atoms with Crippen molar-refractivity contribution in [2.75, 3.05) is 14.2 Å². The smallest absolute Gasteiger partial charge is 0.493 e. The van der Waals surface area contributed by atoms with E-state index in [9.17, 15) is 26.7 Å². The lowest BCUT2D eigenvalue weighted by atomic mass is 9.89. The maximum atomic E-state index is 14.7. The molecule has 0 saturated carbocycles.